The number of nitrogens with zero attached hydrogens (tertiary/aromatic N) is 1. The van der Waals surface area contributed by atoms with Crippen molar-refractivity contribution in [2.45, 2.75) is 32.5 Å². The Bertz CT molecular complexity index is 831. The molecule has 0 spiro atoms. The van der Waals surface area contributed by atoms with Crippen molar-refractivity contribution in [3.05, 3.63) is 42.2 Å². The molecule has 7 heteroatoms. The number of hydrogen-bond acceptors (Lipinski definition) is 5. The van der Waals surface area contributed by atoms with Crippen molar-refractivity contribution < 1.29 is 23.4 Å². The highest BCUT2D eigenvalue weighted by atomic mass is 19.1. The predicted molar refractivity (Wildman–Crippen MR) is 110 cm³/mol. The van der Waals surface area contributed by atoms with Gasteiger partial charge < -0.3 is 24.4 Å². The van der Waals surface area contributed by atoms with E-state index in [9.17, 15) is 9.18 Å². The Kier molecular flexibility index (Phi) is 6.92. The van der Waals surface area contributed by atoms with Crippen molar-refractivity contribution in [1.82, 2.24) is 10.2 Å². The number of rotatable bonds is 6. The first-order chi connectivity index (χ1) is 13.8. The van der Waals surface area contributed by atoms with Crippen LogP contribution in [0.5, 0.6) is 5.75 Å². The lowest BCUT2D eigenvalue weighted by atomic mass is 10.1. The summed E-state index contributed by atoms with van der Waals surface area (Å²) in [6.07, 6.45) is -0.890. The molecule has 1 aliphatic rings. The van der Waals surface area contributed by atoms with E-state index in [1.54, 1.807) is 23.1 Å². The van der Waals surface area contributed by atoms with Crippen molar-refractivity contribution in [3.63, 3.8) is 0 Å². The minimum absolute atomic E-state index is 0.0369. The van der Waals surface area contributed by atoms with Gasteiger partial charge >= 0.3 is 6.09 Å². The molecular formula is C22H29FN2O4. The average molecular weight is 404 g/mol. The van der Waals surface area contributed by atoms with Gasteiger partial charge in [0.25, 0.3) is 0 Å². The molecule has 3 rings (SSSR count). The molecule has 0 bridgehead atoms. The maximum Gasteiger partial charge on any atom is 0.409 e. The van der Waals surface area contributed by atoms with Crippen molar-refractivity contribution in [2.24, 2.45) is 0 Å². The van der Waals surface area contributed by atoms with Crippen LogP contribution in [-0.4, -0.2) is 62.1 Å². The number of fused-ring (bicyclic) bond motifs is 1. The molecular weight excluding hydrogens is 375 g/mol. The molecule has 1 fully saturated rings. The summed E-state index contributed by atoms with van der Waals surface area (Å²) in [6.45, 7) is 8.57. The van der Waals surface area contributed by atoms with Crippen molar-refractivity contribution in [3.8, 4) is 5.75 Å². The summed E-state index contributed by atoms with van der Waals surface area (Å²) in [4.78, 5) is 13.9. The monoisotopic (exact) mass is 404 g/mol. The van der Waals surface area contributed by atoms with Crippen LogP contribution in [0.1, 0.15) is 20.8 Å². The second-order valence-corrected chi connectivity index (χ2v) is 8.08. The van der Waals surface area contributed by atoms with Gasteiger partial charge in [0.2, 0.25) is 0 Å². The number of hydrogen-bond donors (Lipinski definition) is 1. The molecule has 0 radical (unpaired) electrons. The molecule has 0 saturated carbocycles. The number of ether oxygens (including phenoxy) is 3. The highest BCUT2D eigenvalue weighted by molar-refractivity contribution is 5.84. The summed E-state index contributed by atoms with van der Waals surface area (Å²) in [5, 5.41) is 4.51. The van der Waals surface area contributed by atoms with Gasteiger partial charge in [-0.25, -0.2) is 9.18 Å². The number of carbonyl (C=O) groups excluding carboxylic acids is 1. The van der Waals surface area contributed by atoms with Crippen molar-refractivity contribution in [2.75, 3.05) is 39.4 Å². The van der Waals surface area contributed by atoms with E-state index in [0.717, 1.165) is 18.5 Å². The minimum atomic E-state index is -0.521. The number of amides is 1. The third kappa shape index (κ3) is 6.05. The molecule has 158 valence electrons. The topological polar surface area (TPSA) is 60.0 Å². The molecule has 0 aliphatic carbocycles. The van der Waals surface area contributed by atoms with E-state index < -0.39 is 17.5 Å². The van der Waals surface area contributed by atoms with E-state index in [2.05, 4.69) is 5.32 Å². The van der Waals surface area contributed by atoms with Crippen LogP contribution in [0.2, 0.25) is 0 Å². The minimum Gasteiger partial charge on any atom is -0.488 e. The van der Waals surface area contributed by atoms with Crippen LogP contribution in [0, 0.1) is 5.82 Å². The first-order valence-corrected chi connectivity index (χ1v) is 9.94. The lowest BCUT2D eigenvalue weighted by molar-refractivity contribution is -0.0983. The highest BCUT2D eigenvalue weighted by Crippen LogP contribution is 2.26. The Labute approximate surface area is 170 Å². The SMILES string of the molecule is CC(C)(C)OC(COC(=O)N1CCNCC1)COc1ccc2ccccc2c1F. The van der Waals surface area contributed by atoms with Gasteiger partial charge in [-0.3, -0.25) is 0 Å². The van der Waals surface area contributed by atoms with Gasteiger partial charge in [-0.05, 0) is 32.2 Å². The van der Waals surface area contributed by atoms with Crippen LogP contribution in [0.4, 0.5) is 9.18 Å². The first-order valence-electron chi connectivity index (χ1n) is 9.94. The molecule has 1 aliphatic heterocycles. The van der Waals surface area contributed by atoms with Crippen LogP contribution in [0.25, 0.3) is 10.8 Å². The van der Waals surface area contributed by atoms with Gasteiger partial charge in [-0.2, -0.15) is 0 Å². The molecule has 2 aromatic rings. The summed E-state index contributed by atoms with van der Waals surface area (Å²) < 4.78 is 31.9. The van der Waals surface area contributed by atoms with Gasteiger partial charge in [0.05, 0.1) is 5.60 Å². The molecule has 1 heterocycles. The fourth-order valence-electron chi connectivity index (χ4n) is 3.23. The van der Waals surface area contributed by atoms with Gasteiger partial charge in [0, 0.05) is 31.6 Å². The smallest absolute Gasteiger partial charge is 0.409 e. The lowest BCUT2D eigenvalue weighted by Gasteiger charge is -2.30. The normalized spacial score (nSPS) is 15.9. The van der Waals surface area contributed by atoms with E-state index in [0.29, 0.717) is 18.5 Å². The zero-order valence-electron chi connectivity index (χ0n) is 17.2. The number of benzene rings is 2. The largest absolute Gasteiger partial charge is 0.488 e. The van der Waals surface area contributed by atoms with E-state index in [1.807, 2.05) is 39.0 Å². The molecule has 1 N–H and O–H groups in total. The Morgan fingerprint density at radius 2 is 1.86 bits per heavy atom. The van der Waals surface area contributed by atoms with E-state index in [1.165, 1.54) is 0 Å². The third-order valence-electron chi connectivity index (χ3n) is 4.54. The van der Waals surface area contributed by atoms with Crippen LogP contribution >= 0.6 is 0 Å². The number of carbonyl (C=O) groups is 1. The summed E-state index contributed by atoms with van der Waals surface area (Å²) in [6, 6.07) is 10.6. The predicted octanol–water partition coefficient (Wildman–Crippen LogP) is 3.58. The average Bonchev–Trinajstić information content (AvgIpc) is 2.71. The van der Waals surface area contributed by atoms with Crippen LogP contribution in [0.3, 0.4) is 0 Å². The summed E-state index contributed by atoms with van der Waals surface area (Å²) in [5.41, 5.74) is -0.461. The molecule has 2 aromatic carbocycles. The van der Waals surface area contributed by atoms with Crippen LogP contribution in [0.15, 0.2) is 36.4 Å². The molecule has 1 unspecified atom stereocenters. The Morgan fingerprint density at radius 1 is 1.14 bits per heavy atom. The Hall–Kier alpha value is -2.38. The molecule has 1 saturated heterocycles. The fraction of sp³-hybridized carbons (Fsp3) is 0.500. The second-order valence-electron chi connectivity index (χ2n) is 8.08. The second kappa shape index (κ2) is 9.41. The summed E-state index contributed by atoms with van der Waals surface area (Å²) in [7, 11) is 0. The number of piperazine rings is 1. The molecule has 1 amide bonds. The lowest BCUT2D eigenvalue weighted by Crippen LogP contribution is -2.47. The molecule has 29 heavy (non-hydrogen) atoms. The van der Waals surface area contributed by atoms with Crippen molar-refractivity contribution >= 4 is 16.9 Å². The molecule has 0 aromatic heterocycles. The molecule has 6 nitrogen and oxygen atoms in total. The van der Waals surface area contributed by atoms with Gasteiger partial charge in [0.1, 0.15) is 19.3 Å². The van der Waals surface area contributed by atoms with Crippen LogP contribution in [-0.2, 0) is 9.47 Å². The first kappa shape index (κ1) is 21.3. The van der Waals surface area contributed by atoms with Crippen LogP contribution < -0.4 is 10.1 Å². The van der Waals surface area contributed by atoms with E-state index in [-0.39, 0.29) is 25.1 Å². The Balaban J connectivity index is 1.62. The summed E-state index contributed by atoms with van der Waals surface area (Å²) in [5.74, 6) is -0.255. The van der Waals surface area contributed by atoms with Gasteiger partial charge in [-0.1, -0.05) is 30.3 Å². The number of nitrogens with one attached hydrogen (secondary N) is 1. The summed E-state index contributed by atoms with van der Waals surface area (Å²) >= 11 is 0. The zero-order valence-corrected chi connectivity index (χ0v) is 17.2. The van der Waals surface area contributed by atoms with Gasteiger partial charge in [-0.15, -0.1) is 0 Å². The maximum atomic E-state index is 14.8. The fourth-order valence-corrected chi connectivity index (χ4v) is 3.23. The Morgan fingerprint density at radius 3 is 2.59 bits per heavy atom. The standard InChI is InChI=1S/C22H29FN2O4/c1-22(2,3)29-17(15-28-21(26)25-12-10-24-11-13-25)14-27-19-9-8-16-6-4-5-7-18(16)20(19)23/h4-9,17,24H,10-15H2,1-3H3. The van der Waals surface area contributed by atoms with Crippen molar-refractivity contribution in [1.29, 1.82) is 0 Å². The quantitative estimate of drug-likeness (QED) is 0.798. The number of halogens is 1. The highest BCUT2D eigenvalue weighted by Gasteiger charge is 2.24. The van der Waals surface area contributed by atoms with E-state index >= 15 is 0 Å². The third-order valence-corrected chi connectivity index (χ3v) is 4.54. The zero-order chi connectivity index (χ0) is 20.9. The molecule has 1 atom stereocenters. The van der Waals surface area contributed by atoms with Gasteiger partial charge in [0.15, 0.2) is 11.6 Å². The maximum absolute atomic E-state index is 14.8. The van der Waals surface area contributed by atoms with E-state index in [4.69, 9.17) is 14.2 Å².